The Morgan fingerprint density at radius 2 is 2.04 bits per heavy atom. The molecule has 142 valence electrons. The van der Waals surface area contributed by atoms with E-state index in [0.717, 1.165) is 32.7 Å². The molecule has 0 aliphatic carbocycles. The Morgan fingerprint density at radius 3 is 2.74 bits per heavy atom. The highest BCUT2D eigenvalue weighted by Crippen LogP contribution is 2.39. The fraction of sp³-hybridized carbons (Fsp3) is 0.300. The Balaban J connectivity index is 1.85. The van der Waals surface area contributed by atoms with Crippen LogP contribution >= 0.6 is 0 Å². The zero-order valence-electron chi connectivity index (χ0n) is 14.9. The van der Waals surface area contributed by atoms with Gasteiger partial charge in [0.2, 0.25) is 0 Å². The van der Waals surface area contributed by atoms with Gasteiger partial charge in [-0.3, -0.25) is 4.78 Å². The molecule has 3 aromatic rings. The molecule has 1 aromatic heterocycles. The van der Waals surface area contributed by atoms with E-state index in [-0.39, 0.29) is 18.7 Å². The van der Waals surface area contributed by atoms with Crippen molar-refractivity contribution in [2.45, 2.75) is 24.2 Å². The fourth-order valence-corrected chi connectivity index (χ4v) is 4.36. The molecule has 0 bridgehead atoms. The number of nitrogens with one attached hydrogen (secondary N) is 2. The second kappa shape index (κ2) is 6.64. The minimum atomic E-state index is -2.68. The molecular weight excluding hydrogens is 368 g/mol. The number of halogens is 2. The van der Waals surface area contributed by atoms with Crippen molar-refractivity contribution >= 4 is 27.3 Å². The summed E-state index contributed by atoms with van der Waals surface area (Å²) in [6.45, 7) is 1.98. The molecule has 4 rings (SSSR count). The zero-order valence-corrected chi connectivity index (χ0v) is 15.7. The number of anilines is 1. The fourth-order valence-electron chi connectivity index (χ4n) is 3.53. The Kier molecular flexibility index (Phi) is 4.42. The lowest BCUT2D eigenvalue weighted by atomic mass is 10.1. The van der Waals surface area contributed by atoms with Gasteiger partial charge in [0.1, 0.15) is 5.75 Å². The Hall–Kier alpha value is -2.41. The van der Waals surface area contributed by atoms with Crippen molar-refractivity contribution in [3.8, 4) is 17.0 Å². The number of aromatic hydroxyl groups is 1. The van der Waals surface area contributed by atoms with Crippen LogP contribution in [0, 0.1) is 4.78 Å². The highest BCUT2D eigenvalue weighted by molar-refractivity contribution is 7.86. The molecule has 1 saturated heterocycles. The van der Waals surface area contributed by atoms with Crippen molar-refractivity contribution in [1.29, 1.82) is 4.78 Å². The first kappa shape index (κ1) is 18.0. The first-order valence-electron chi connectivity index (χ1n) is 8.87. The number of hydrogen-bond donors (Lipinski definition) is 3. The maximum absolute atomic E-state index is 13.8. The quantitative estimate of drug-likeness (QED) is 0.578. The number of aromatic nitrogens is 1. The molecule has 0 radical (unpaired) electrons. The summed E-state index contributed by atoms with van der Waals surface area (Å²) in [5, 5.41) is 10.6. The molecule has 3 N–H and O–H groups in total. The highest BCUT2D eigenvalue weighted by atomic mass is 32.2. The number of phenols is 1. The van der Waals surface area contributed by atoms with Gasteiger partial charge in [0, 0.05) is 51.5 Å². The lowest BCUT2D eigenvalue weighted by Crippen LogP contribution is -2.25. The van der Waals surface area contributed by atoms with E-state index < -0.39 is 16.6 Å². The number of fused-ring (bicyclic) bond motifs is 1. The van der Waals surface area contributed by atoms with E-state index in [1.807, 2.05) is 31.2 Å². The smallest absolute Gasteiger partial charge is 0.266 e. The molecule has 27 heavy (non-hydrogen) atoms. The number of hydrogen-bond acceptors (Lipinski definition) is 3. The van der Waals surface area contributed by atoms with E-state index in [0.29, 0.717) is 12.3 Å². The van der Waals surface area contributed by atoms with Crippen LogP contribution < -0.4 is 4.90 Å². The average Bonchev–Trinajstić information content (AvgIpc) is 3.22. The highest BCUT2D eigenvalue weighted by Gasteiger charge is 2.39. The Labute approximate surface area is 158 Å². The van der Waals surface area contributed by atoms with E-state index in [9.17, 15) is 13.9 Å². The Bertz CT molecular complexity index is 1030. The van der Waals surface area contributed by atoms with Gasteiger partial charge in [-0.15, -0.1) is 0 Å². The monoisotopic (exact) mass is 389 g/mol. The first-order chi connectivity index (χ1) is 12.9. The minimum Gasteiger partial charge on any atom is -0.508 e. The normalized spacial score (nSPS) is 17.5. The number of rotatable bonds is 4. The van der Waals surface area contributed by atoms with E-state index in [1.54, 1.807) is 23.1 Å². The van der Waals surface area contributed by atoms with Crippen LogP contribution in [0.15, 0.2) is 47.4 Å². The summed E-state index contributed by atoms with van der Waals surface area (Å²) in [6, 6.07) is 12.7. The number of nitrogens with zero attached hydrogens (tertiary/aromatic N) is 1. The van der Waals surface area contributed by atoms with Gasteiger partial charge in [-0.1, -0.05) is 17.6 Å². The lowest BCUT2D eigenvalue weighted by Gasteiger charge is -2.22. The summed E-state index contributed by atoms with van der Waals surface area (Å²) in [4.78, 5) is 5.94. The number of H-pyrrole nitrogens is 1. The van der Waals surface area contributed by atoms with Crippen molar-refractivity contribution in [2.24, 2.45) is 0 Å². The van der Waals surface area contributed by atoms with Gasteiger partial charge < -0.3 is 15.0 Å². The lowest BCUT2D eigenvalue weighted by molar-refractivity contribution is 0.0257. The average molecular weight is 389 g/mol. The third-order valence-corrected chi connectivity index (χ3v) is 6.35. The maximum atomic E-state index is 13.8. The molecule has 4 nitrogen and oxygen atoms in total. The third kappa shape index (κ3) is 3.43. The maximum Gasteiger partial charge on any atom is 0.266 e. The number of alkyl halides is 2. The predicted octanol–water partition coefficient (Wildman–Crippen LogP) is 5.15. The van der Waals surface area contributed by atoms with Crippen LogP contribution in [-0.4, -0.2) is 34.9 Å². The van der Waals surface area contributed by atoms with Gasteiger partial charge in [0.25, 0.3) is 5.92 Å². The van der Waals surface area contributed by atoms with Gasteiger partial charge in [-0.2, -0.15) is 0 Å². The molecule has 0 spiro atoms. The van der Waals surface area contributed by atoms with Crippen molar-refractivity contribution in [3.05, 3.63) is 42.5 Å². The summed E-state index contributed by atoms with van der Waals surface area (Å²) in [5.74, 6) is -1.79. The van der Waals surface area contributed by atoms with E-state index >= 15 is 0 Å². The number of benzene rings is 2. The van der Waals surface area contributed by atoms with Crippen LogP contribution in [0.2, 0.25) is 0 Å². The van der Waals surface area contributed by atoms with E-state index in [2.05, 4.69) is 4.98 Å². The summed E-state index contributed by atoms with van der Waals surface area (Å²) in [6.07, 6.45) is -0.146. The van der Waals surface area contributed by atoms with Gasteiger partial charge in [0.05, 0.1) is 6.54 Å². The van der Waals surface area contributed by atoms with E-state index in [1.165, 1.54) is 0 Å². The topological polar surface area (TPSA) is 63.1 Å². The van der Waals surface area contributed by atoms with Crippen molar-refractivity contribution in [2.75, 3.05) is 23.7 Å². The number of phenolic OH excluding ortho intramolecular Hbond substituents is 1. The standard InChI is InChI=1S/C20H21F2N3OS/c1-2-27(23)15-4-6-19(25-8-7-20(21,22)12-25)16(11-15)18-10-13-9-14(26)3-5-17(13)24-18/h3-6,9-11,23-24,26H,2,7-8,12H2,1H3/t27-/m0/s1. The molecule has 0 saturated carbocycles. The summed E-state index contributed by atoms with van der Waals surface area (Å²) in [5.41, 5.74) is 3.24. The summed E-state index contributed by atoms with van der Waals surface area (Å²) < 4.78 is 35.8. The molecular formula is C20H21F2N3OS. The van der Waals surface area contributed by atoms with Crippen LogP contribution in [0.3, 0.4) is 0 Å². The van der Waals surface area contributed by atoms with Gasteiger partial charge in [-0.25, -0.2) is 8.78 Å². The molecule has 2 aromatic carbocycles. The SMILES string of the molecule is CC[S@](=N)c1ccc(N2CCC(F)(F)C2)c(-c2cc3cc(O)ccc3[nH]2)c1. The van der Waals surface area contributed by atoms with Crippen LogP contribution in [0.5, 0.6) is 5.75 Å². The van der Waals surface area contributed by atoms with Crippen molar-refractivity contribution in [3.63, 3.8) is 0 Å². The molecule has 1 fully saturated rings. The van der Waals surface area contributed by atoms with Gasteiger partial charge >= 0.3 is 0 Å². The molecule has 0 unspecified atom stereocenters. The second-order valence-corrected chi connectivity index (χ2v) is 8.67. The van der Waals surface area contributed by atoms with Crippen LogP contribution in [0.1, 0.15) is 13.3 Å². The molecule has 7 heteroatoms. The first-order valence-corrected chi connectivity index (χ1v) is 10.3. The molecule has 0 amide bonds. The molecule has 1 aliphatic rings. The van der Waals surface area contributed by atoms with Gasteiger partial charge in [-0.05, 0) is 42.5 Å². The van der Waals surface area contributed by atoms with Crippen LogP contribution in [0.25, 0.3) is 22.2 Å². The molecule has 1 aliphatic heterocycles. The third-order valence-electron chi connectivity index (χ3n) is 4.95. The summed E-state index contributed by atoms with van der Waals surface area (Å²) >= 11 is 0. The minimum absolute atomic E-state index is 0.146. The van der Waals surface area contributed by atoms with Gasteiger partial charge in [0.15, 0.2) is 0 Å². The Morgan fingerprint density at radius 1 is 1.22 bits per heavy atom. The number of aromatic amines is 1. The van der Waals surface area contributed by atoms with E-state index in [4.69, 9.17) is 4.78 Å². The molecule has 2 heterocycles. The van der Waals surface area contributed by atoms with Crippen molar-refractivity contribution in [1.82, 2.24) is 4.98 Å². The van der Waals surface area contributed by atoms with Crippen LogP contribution in [0.4, 0.5) is 14.5 Å². The largest absolute Gasteiger partial charge is 0.508 e. The zero-order chi connectivity index (χ0) is 19.2. The van der Waals surface area contributed by atoms with Crippen molar-refractivity contribution < 1.29 is 13.9 Å². The van der Waals surface area contributed by atoms with Crippen LogP contribution in [-0.2, 0) is 10.7 Å². The predicted molar refractivity (Wildman–Crippen MR) is 106 cm³/mol. The molecule has 1 atom stereocenters. The second-order valence-electron chi connectivity index (χ2n) is 6.84. The summed E-state index contributed by atoms with van der Waals surface area (Å²) in [7, 11) is -0.641.